The Morgan fingerprint density at radius 3 is 2.39 bits per heavy atom. The van der Waals surface area contributed by atoms with Crippen LogP contribution >= 0.6 is 0 Å². The minimum absolute atomic E-state index is 0.0136. The maximum atomic E-state index is 12.3. The summed E-state index contributed by atoms with van der Waals surface area (Å²) >= 11 is 0. The number of benzene rings is 1. The van der Waals surface area contributed by atoms with E-state index in [1.807, 2.05) is 32.9 Å². The average Bonchev–Trinajstić information content (AvgIpc) is 2.67. The zero-order valence-corrected chi connectivity index (χ0v) is 17.3. The molecule has 0 saturated carbocycles. The molecule has 28 heavy (non-hydrogen) atoms. The molecule has 0 radical (unpaired) electrons. The number of nitrogens with one attached hydrogen (secondary N) is 2. The molecule has 0 aliphatic carbocycles. The van der Waals surface area contributed by atoms with Crippen molar-refractivity contribution in [2.24, 2.45) is 11.7 Å². The lowest BCUT2D eigenvalue weighted by Gasteiger charge is -2.21. The number of rotatable bonds is 10. The van der Waals surface area contributed by atoms with Crippen LogP contribution in [0.25, 0.3) is 0 Å². The first-order valence-corrected chi connectivity index (χ1v) is 9.41. The Morgan fingerprint density at radius 1 is 1.18 bits per heavy atom. The third-order valence-electron chi connectivity index (χ3n) is 4.33. The number of likely N-dealkylation sites (N-methyl/N-ethyl adjacent to an activating group) is 1. The summed E-state index contributed by atoms with van der Waals surface area (Å²) < 4.78 is 5.65. The fourth-order valence-corrected chi connectivity index (χ4v) is 2.40. The summed E-state index contributed by atoms with van der Waals surface area (Å²) in [6.45, 7) is 5.38. The molecule has 0 fully saturated rings. The van der Waals surface area contributed by atoms with Crippen LogP contribution in [-0.4, -0.2) is 55.9 Å². The van der Waals surface area contributed by atoms with Crippen molar-refractivity contribution < 1.29 is 19.1 Å². The van der Waals surface area contributed by atoms with Crippen LogP contribution in [0.2, 0.25) is 0 Å². The van der Waals surface area contributed by atoms with Crippen molar-refractivity contribution >= 4 is 17.7 Å². The van der Waals surface area contributed by atoms with E-state index in [2.05, 4.69) is 10.6 Å². The predicted molar refractivity (Wildman–Crippen MR) is 108 cm³/mol. The molecule has 0 spiro atoms. The monoisotopic (exact) mass is 392 g/mol. The van der Waals surface area contributed by atoms with Gasteiger partial charge < -0.3 is 26.0 Å². The average molecular weight is 393 g/mol. The molecule has 1 aromatic rings. The van der Waals surface area contributed by atoms with Gasteiger partial charge in [-0.15, -0.1) is 0 Å². The highest BCUT2D eigenvalue weighted by atomic mass is 16.5. The second kappa shape index (κ2) is 11.3. The molecule has 0 bridgehead atoms. The van der Waals surface area contributed by atoms with E-state index >= 15 is 0 Å². The molecular formula is C20H32N4O4. The lowest BCUT2D eigenvalue weighted by molar-refractivity contribution is -0.130. The maximum absolute atomic E-state index is 12.3. The van der Waals surface area contributed by atoms with Gasteiger partial charge in [0.05, 0.1) is 18.6 Å². The summed E-state index contributed by atoms with van der Waals surface area (Å²) in [6, 6.07) is 6.29. The van der Waals surface area contributed by atoms with Crippen molar-refractivity contribution in [2.75, 3.05) is 27.2 Å². The Bertz CT molecular complexity index is 676. The first-order chi connectivity index (χ1) is 13.2. The Hall–Kier alpha value is -2.61. The van der Waals surface area contributed by atoms with Gasteiger partial charge in [0.2, 0.25) is 11.8 Å². The van der Waals surface area contributed by atoms with Crippen molar-refractivity contribution in [1.29, 1.82) is 0 Å². The Labute approximate surface area is 166 Å². The molecule has 4 N–H and O–H groups in total. The van der Waals surface area contributed by atoms with E-state index in [4.69, 9.17) is 10.5 Å². The zero-order chi connectivity index (χ0) is 21.3. The van der Waals surface area contributed by atoms with E-state index < -0.39 is 6.04 Å². The van der Waals surface area contributed by atoms with Gasteiger partial charge >= 0.3 is 0 Å². The number of hydrogen-bond donors (Lipinski definition) is 3. The molecule has 8 heteroatoms. The number of carbonyl (C=O) groups excluding carboxylic acids is 3. The summed E-state index contributed by atoms with van der Waals surface area (Å²) in [6.07, 6.45) is 0.618. The van der Waals surface area contributed by atoms with Gasteiger partial charge in [-0.1, -0.05) is 39.0 Å². The minimum Gasteiger partial charge on any atom is -0.483 e. The van der Waals surface area contributed by atoms with Crippen LogP contribution in [0.3, 0.4) is 0 Å². The van der Waals surface area contributed by atoms with E-state index in [0.717, 1.165) is 5.56 Å². The molecule has 0 aliphatic heterocycles. The largest absolute Gasteiger partial charge is 0.483 e. The summed E-state index contributed by atoms with van der Waals surface area (Å²) in [4.78, 5) is 37.4. The molecule has 0 heterocycles. The lowest BCUT2D eigenvalue weighted by atomic mass is 10.0. The number of nitrogens with zero attached hydrogens (tertiary/aromatic N) is 1. The number of nitrogens with two attached hydrogens (primary N) is 1. The topological polar surface area (TPSA) is 114 Å². The Balaban J connectivity index is 2.73. The van der Waals surface area contributed by atoms with Crippen molar-refractivity contribution in [3.05, 3.63) is 29.8 Å². The number of hydrogen-bond acceptors (Lipinski definition) is 5. The molecule has 0 aromatic heterocycles. The van der Waals surface area contributed by atoms with Crippen molar-refractivity contribution in [1.82, 2.24) is 15.5 Å². The van der Waals surface area contributed by atoms with Crippen molar-refractivity contribution in [3.63, 3.8) is 0 Å². The van der Waals surface area contributed by atoms with Gasteiger partial charge in [-0.25, -0.2) is 0 Å². The molecule has 0 aliphatic rings. The van der Waals surface area contributed by atoms with Crippen molar-refractivity contribution in [2.45, 2.75) is 39.3 Å². The number of carbonyl (C=O) groups is 3. The van der Waals surface area contributed by atoms with Crippen LogP contribution < -0.4 is 21.1 Å². The van der Waals surface area contributed by atoms with Crippen molar-refractivity contribution in [3.8, 4) is 5.75 Å². The van der Waals surface area contributed by atoms with E-state index in [9.17, 15) is 14.4 Å². The lowest BCUT2D eigenvalue weighted by Crippen LogP contribution is -2.47. The molecular weight excluding hydrogens is 360 g/mol. The van der Waals surface area contributed by atoms with Crippen LogP contribution in [0.5, 0.6) is 5.75 Å². The SMILES string of the molecule is CCC(NC(=O)CNC(=O)[C@@H](N)C(C)C)c1ccccc1OCC(=O)N(C)C. The molecule has 1 unspecified atom stereocenters. The van der Waals surface area contributed by atoms with Gasteiger partial charge in [0, 0.05) is 19.7 Å². The molecule has 0 saturated heterocycles. The highest BCUT2D eigenvalue weighted by Gasteiger charge is 2.20. The molecule has 1 rings (SSSR count). The highest BCUT2D eigenvalue weighted by molar-refractivity contribution is 5.87. The number of ether oxygens (including phenoxy) is 1. The van der Waals surface area contributed by atoms with E-state index in [1.54, 1.807) is 26.2 Å². The Kier molecular flexibility index (Phi) is 9.44. The maximum Gasteiger partial charge on any atom is 0.259 e. The normalized spacial score (nSPS) is 12.8. The van der Waals surface area contributed by atoms with Gasteiger partial charge in [-0.2, -0.15) is 0 Å². The second-order valence-corrected chi connectivity index (χ2v) is 7.13. The van der Waals surface area contributed by atoms with E-state index in [-0.39, 0.29) is 42.8 Å². The summed E-state index contributed by atoms with van der Waals surface area (Å²) in [7, 11) is 3.32. The number of para-hydroxylation sites is 1. The Morgan fingerprint density at radius 2 is 1.82 bits per heavy atom. The standard InChI is InChI=1S/C20H32N4O4/c1-6-15(23-17(25)11-22-20(27)19(21)13(2)3)14-9-7-8-10-16(14)28-12-18(26)24(4)5/h7-10,13,15,19H,6,11-12,21H2,1-5H3,(H,22,27)(H,23,25)/t15?,19-/m0/s1. The fourth-order valence-electron chi connectivity index (χ4n) is 2.40. The van der Waals surface area contributed by atoms with Crippen LogP contribution in [0.15, 0.2) is 24.3 Å². The molecule has 2 atom stereocenters. The molecule has 8 nitrogen and oxygen atoms in total. The third kappa shape index (κ3) is 7.19. The van der Waals surface area contributed by atoms with E-state index in [1.165, 1.54) is 4.90 Å². The fraction of sp³-hybridized carbons (Fsp3) is 0.550. The quantitative estimate of drug-likeness (QED) is 0.545. The van der Waals surface area contributed by atoms with Gasteiger partial charge in [0.1, 0.15) is 5.75 Å². The minimum atomic E-state index is -0.655. The third-order valence-corrected chi connectivity index (χ3v) is 4.33. The van der Waals surface area contributed by atoms with Crippen LogP contribution in [0.1, 0.15) is 38.8 Å². The van der Waals surface area contributed by atoms with Gasteiger partial charge in [-0.05, 0) is 18.4 Å². The first-order valence-electron chi connectivity index (χ1n) is 9.41. The summed E-state index contributed by atoms with van der Waals surface area (Å²) in [5.74, 6) is -0.313. The first kappa shape index (κ1) is 23.4. The van der Waals surface area contributed by atoms with Gasteiger partial charge in [0.15, 0.2) is 6.61 Å². The zero-order valence-electron chi connectivity index (χ0n) is 17.3. The van der Waals surface area contributed by atoms with Crippen LogP contribution in [-0.2, 0) is 14.4 Å². The van der Waals surface area contributed by atoms with Gasteiger partial charge in [-0.3, -0.25) is 14.4 Å². The smallest absolute Gasteiger partial charge is 0.259 e. The summed E-state index contributed by atoms with van der Waals surface area (Å²) in [5.41, 5.74) is 6.55. The van der Waals surface area contributed by atoms with Gasteiger partial charge in [0.25, 0.3) is 5.91 Å². The van der Waals surface area contributed by atoms with E-state index in [0.29, 0.717) is 12.2 Å². The molecule has 1 aromatic carbocycles. The molecule has 3 amide bonds. The predicted octanol–water partition coefficient (Wildman–Crippen LogP) is 0.820. The van der Waals surface area contributed by atoms with Crippen LogP contribution in [0.4, 0.5) is 0 Å². The van der Waals surface area contributed by atoms with Crippen LogP contribution in [0, 0.1) is 5.92 Å². The highest BCUT2D eigenvalue weighted by Crippen LogP contribution is 2.27. The molecule has 156 valence electrons. The summed E-state index contributed by atoms with van der Waals surface area (Å²) in [5, 5.41) is 5.44. The number of amides is 3. The second-order valence-electron chi connectivity index (χ2n) is 7.13.